The molecule has 164 valence electrons. The van der Waals surface area contributed by atoms with E-state index in [0.29, 0.717) is 28.6 Å². The molecule has 5 N–H and O–H groups in total. The van der Waals surface area contributed by atoms with Crippen LogP contribution in [0.25, 0.3) is 11.2 Å². The minimum Gasteiger partial charge on any atom is -0.478 e. The van der Waals surface area contributed by atoms with E-state index in [1.54, 1.807) is 10.7 Å². The van der Waals surface area contributed by atoms with Crippen LogP contribution in [-0.4, -0.2) is 48.1 Å². The predicted molar refractivity (Wildman–Crippen MR) is 119 cm³/mol. The molecule has 0 unspecified atom stereocenters. The largest absolute Gasteiger partial charge is 0.478 e. The molecule has 0 bridgehead atoms. The summed E-state index contributed by atoms with van der Waals surface area (Å²) in [6.45, 7) is 3.99. The zero-order valence-corrected chi connectivity index (χ0v) is 18.1. The smallest absolute Gasteiger partial charge is 0.337 e. The number of aromatic nitrogens is 5. The number of nitrogens with two attached hydrogens (primary N) is 1. The number of benzene rings is 1. The van der Waals surface area contributed by atoms with Crippen LogP contribution in [0, 0.1) is 0 Å². The molecule has 0 aliphatic heterocycles. The van der Waals surface area contributed by atoms with Crippen molar-refractivity contribution in [1.82, 2.24) is 25.0 Å². The second-order valence-electron chi connectivity index (χ2n) is 8.08. The number of carboxylic acid groups (broad SMARTS) is 1. The van der Waals surface area contributed by atoms with Crippen LogP contribution in [0.3, 0.4) is 0 Å². The van der Waals surface area contributed by atoms with E-state index in [-0.39, 0.29) is 28.7 Å². The monoisotopic (exact) mass is 444 g/mol. The summed E-state index contributed by atoms with van der Waals surface area (Å²) in [4.78, 5) is 20.7. The van der Waals surface area contributed by atoms with Crippen molar-refractivity contribution in [3.63, 3.8) is 0 Å². The third-order valence-electron chi connectivity index (χ3n) is 5.38. The SMILES string of the molecule is CC(C)n1nnc2c(Nc3ccc(Cl)c(C(=O)O)c3)nc(NC3CCC(N)CC3)nc21. The molecule has 2 heterocycles. The molecule has 0 spiro atoms. The van der Waals surface area contributed by atoms with Gasteiger partial charge < -0.3 is 21.5 Å². The Balaban J connectivity index is 1.71. The Kier molecular flexibility index (Phi) is 5.92. The van der Waals surface area contributed by atoms with Gasteiger partial charge in [0.05, 0.1) is 16.6 Å². The highest BCUT2D eigenvalue weighted by molar-refractivity contribution is 6.33. The Morgan fingerprint density at radius 3 is 2.68 bits per heavy atom. The van der Waals surface area contributed by atoms with E-state index < -0.39 is 5.97 Å². The van der Waals surface area contributed by atoms with Crippen molar-refractivity contribution >= 4 is 46.2 Å². The van der Waals surface area contributed by atoms with E-state index in [1.807, 2.05) is 13.8 Å². The zero-order valence-electron chi connectivity index (χ0n) is 17.3. The molecule has 1 saturated carbocycles. The Bertz CT molecular complexity index is 1110. The van der Waals surface area contributed by atoms with Gasteiger partial charge in [-0.05, 0) is 57.7 Å². The van der Waals surface area contributed by atoms with Crippen molar-refractivity contribution < 1.29 is 9.90 Å². The lowest BCUT2D eigenvalue weighted by atomic mass is 9.92. The Hall–Kier alpha value is -2.98. The van der Waals surface area contributed by atoms with Gasteiger partial charge in [0.15, 0.2) is 17.0 Å². The van der Waals surface area contributed by atoms with E-state index in [1.165, 1.54) is 12.1 Å². The lowest BCUT2D eigenvalue weighted by molar-refractivity contribution is 0.0697. The summed E-state index contributed by atoms with van der Waals surface area (Å²) >= 11 is 5.99. The molecule has 0 amide bonds. The number of nitrogens with one attached hydrogen (secondary N) is 2. The first kappa shape index (κ1) is 21.3. The summed E-state index contributed by atoms with van der Waals surface area (Å²) in [5, 5.41) is 24.6. The lowest BCUT2D eigenvalue weighted by Crippen LogP contribution is -2.33. The number of rotatable bonds is 6. The van der Waals surface area contributed by atoms with Crippen LogP contribution in [0.2, 0.25) is 5.02 Å². The predicted octanol–water partition coefficient (Wildman–Crippen LogP) is 3.58. The number of aromatic carboxylic acids is 1. The van der Waals surface area contributed by atoms with Gasteiger partial charge in [0, 0.05) is 17.8 Å². The van der Waals surface area contributed by atoms with Crippen LogP contribution >= 0.6 is 11.6 Å². The molecule has 1 aromatic carbocycles. The fourth-order valence-electron chi connectivity index (χ4n) is 3.68. The van der Waals surface area contributed by atoms with Gasteiger partial charge in [0.2, 0.25) is 5.95 Å². The average Bonchev–Trinajstić information content (AvgIpc) is 3.15. The highest BCUT2D eigenvalue weighted by atomic mass is 35.5. The molecule has 0 atom stereocenters. The molecule has 1 aliphatic carbocycles. The second-order valence-corrected chi connectivity index (χ2v) is 8.48. The van der Waals surface area contributed by atoms with E-state index in [9.17, 15) is 9.90 Å². The molecule has 31 heavy (non-hydrogen) atoms. The summed E-state index contributed by atoms with van der Waals surface area (Å²) in [6.07, 6.45) is 3.82. The number of carbonyl (C=O) groups is 1. The molecule has 10 nitrogen and oxygen atoms in total. The van der Waals surface area contributed by atoms with E-state index in [0.717, 1.165) is 25.7 Å². The minimum atomic E-state index is -1.11. The molecular weight excluding hydrogens is 420 g/mol. The van der Waals surface area contributed by atoms with Gasteiger partial charge in [-0.3, -0.25) is 0 Å². The number of hydrogen-bond donors (Lipinski definition) is 4. The summed E-state index contributed by atoms with van der Waals surface area (Å²) < 4.78 is 1.73. The van der Waals surface area contributed by atoms with Crippen molar-refractivity contribution in [2.75, 3.05) is 10.6 Å². The molecule has 11 heteroatoms. The Morgan fingerprint density at radius 2 is 2.00 bits per heavy atom. The van der Waals surface area contributed by atoms with Gasteiger partial charge in [-0.1, -0.05) is 16.8 Å². The Morgan fingerprint density at radius 1 is 1.26 bits per heavy atom. The van der Waals surface area contributed by atoms with Crippen molar-refractivity contribution in [3.8, 4) is 0 Å². The number of fused-ring (bicyclic) bond motifs is 1. The normalized spacial score (nSPS) is 19.0. The fraction of sp³-hybridized carbons (Fsp3) is 0.450. The van der Waals surface area contributed by atoms with Crippen LogP contribution in [0.5, 0.6) is 0 Å². The van der Waals surface area contributed by atoms with Crippen molar-refractivity contribution in [3.05, 3.63) is 28.8 Å². The van der Waals surface area contributed by atoms with E-state index >= 15 is 0 Å². The van der Waals surface area contributed by atoms with Gasteiger partial charge in [-0.25, -0.2) is 9.48 Å². The number of hydrogen-bond acceptors (Lipinski definition) is 8. The van der Waals surface area contributed by atoms with Crippen molar-refractivity contribution in [2.45, 2.75) is 57.7 Å². The fourth-order valence-corrected chi connectivity index (χ4v) is 3.88. The number of halogens is 1. The first-order valence-electron chi connectivity index (χ1n) is 10.3. The Labute approximate surface area is 184 Å². The standard InChI is InChI=1S/C20H25ClN8O2/c1-10(2)29-18-16(27-28-29)17(23-13-7-8-15(21)14(9-13)19(30)31)25-20(26-18)24-12-5-3-11(22)4-6-12/h7-12H,3-6,22H2,1-2H3,(H,30,31)(H2,23,24,25,26). The first-order valence-corrected chi connectivity index (χ1v) is 10.6. The van der Waals surface area contributed by atoms with Gasteiger partial charge in [0.1, 0.15) is 0 Å². The number of anilines is 3. The third kappa shape index (κ3) is 4.54. The van der Waals surface area contributed by atoms with Crippen molar-refractivity contribution in [2.24, 2.45) is 5.73 Å². The second kappa shape index (κ2) is 8.64. The molecule has 1 aliphatic rings. The summed E-state index contributed by atoms with van der Waals surface area (Å²) in [6, 6.07) is 5.22. The highest BCUT2D eigenvalue weighted by Gasteiger charge is 2.22. The van der Waals surface area contributed by atoms with Crippen LogP contribution in [0.1, 0.15) is 55.9 Å². The third-order valence-corrected chi connectivity index (χ3v) is 5.71. The average molecular weight is 445 g/mol. The molecule has 1 fully saturated rings. The molecule has 3 aromatic rings. The molecule has 0 saturated heterocycles. The van der Waals surface area contributed by atoms with E-state index in [4.69, 9.17) is 17.3 Å². The lowest BCUT2D eigenvalue weighted by Gasteiger charge is -2.26. The van der Waals surface area contributed by atoms with Gasteiger partial charge in [-0.15, -0.1) is 5.10 Å². The van der Waals surface area contributed by atoms with Crippen molar-refractivity contribution in [1.29, 1.82) is 0 Å². The summed E-state index contributed by atoms with van der Waals surface area (Å²) in [7, 11) is 0. The van der Waals surface area contributed by atoms with E-state index in [2.05, 4.69) is 30.9 Å². The maximum Gasteiger partial charge on any atom is 0.337 e. The van der Waals surface area contributed by atoms with Crippen LogP contribution in [-0.2, 0) is 0 Å². The number of nitrogens with zero attached hydrogens (tertiary/aromatic N) is 5. The van der Waals surface area contributed by atoms with Crippen LogP contribution < -0.4 is 16.4 Å². The maximum absolute atomic E-state index is 11.4. The highest BCUT2D eigenvalue weighted by Crippen LogP contribution is 2.28. The van der Waals surface area contributed by atoms with Gasteiger partial charge in [0.25, 0.3) is 0 Å². The topological polar surface area (TPSA) is 144 Å². The first-order chi connectivity index (χ1) is 14.8. The molecule has 0 radical (unpaired) electrons. The van der Waals surface area contributed by atoms with Gasteiger partial charge in [-0.2, -0.15) is 9.97 Å². The molecule has 2 aromatic heterocycles. The molecular formula is C20H25ClN8O2. The minimum absolute atomic E-state index is 0.000283. The number of carboxylic acids is 1. The quantitative estimate of drug-likeness (QED) is 0.448. The molecule has 4 rings (SSSR count). The summed E-state index contributed by atoms with van der Waals surface area (Å²) in [5.74, 6) is -0.206. The van der Waals surface area contributed by atoms with Crippen LogP contribution in [0.4, 0.5) is 17.5 Å². The maximum atomic E-state index is 11.4. The van der Waals surface area contributed by atoms with Gasteiger partial charge >= 0.3 is 5.97 Å². The van der Waals surface area contributed by atoms with Crippen LogP contribution in [0.15, 0.2) is 18.2 Å². The zero-order chi connectivity index (χ0) is 22.1. The summed E-state index contributed by atoms with van der Waals surface area (Å²) in [5.41, 5.74) is 7.63.